The van der Waals surface area contributed by atoms with Crippen molar-refractivity contribution in [3.63, 3.8) is 0 Å². The molecule has 0 saturated carbocycles. The second kappa shape index (κ2) is 3.99. The van der Waals surface area contributed by atoms with Crippen LogP contribution in [0.3, 0.4) is 0 Å². The fraction of sp³-hybridized carbons (Fsp3) is 0.500. The van der Waals surface area contributed by atoms with Gasteiger partial charge in [0.15, 0.2) is 0 Å². The Hall–Kier alpha value is -0.940. The molecule has 0 aromatic heterocycles. The van der Waals surface area contributed by atoms with Crippen LogP contribution in [0.15, 0.2) is 0 Å². The van der Waals surface area contributed by atoms with Gasteiger partial charge in [-0.05, 0) is 0 Å². The molecule has 0 aromatic rings. The van der Waals surface area contributed by atoms with Crippen LogP contribution in [-0.4, -0.2) is 35.2 Å². The molecule has 0 aliphatic carbocycles. The Morgan fingerprint density at radius 2 is 2.33 bits per heavy atom. The third kappa shape index (κ3) is 3.63. The van der Waals surface area contributed by atoms with E-state index < -0.39 is 12.2 Å². The lowest BCUT2D eigenvalue weighted by atomic mass is 10.5. The zero-order valence-corrected chi connectivity index (χ0v) is 4.57. The van der Waals surface area contributed by atoms with Gasteiger partial charge in [0, 0.05) is 0 Å². The highest BCUT2D eigenvalue weighted by Gasteiger charge is 2.09. The molecule has 0 heterocycles. The highest BCUT2D eigenvalue weighted by atomic mass is 16.4. The fourth-order valence-electron chi connectivity index (χ4n) is 0.247. The van der Waals surface area contributed by atoms with E-state index in [0.717, 1.165) is 0 Å². The van der Waals surface area contributed by atoms with Crippen LogP contribution in [0.4, 0.5) is 0 Å². The number of aliphatic hydroxyl groups is 1. The minimum atomic E-state index is -1.64. The number of hydrogen-bond acceptors (Lipinski definition) is 4. The van der Waals surface area contributed by atoms with E-state index in [9.17, 15) is 9.59 Å². The first-order chi connectivity index (χ1) is 4.18. The van der Waals surface area contributed by atoms with Gasteiger partial charge < -0.3 is 15.0 Å². The van der Waals surface area contributed by atoms with Crippen molar-refractivity contribution < 1.29 is 19.8 Å². The Labute approximate surface area is 51.3 Å². The van der Waals surface area contributed by atoms with Crippen molar-refractivity contribution in [3.05, 3.63) is 0 Å². The molecule has 3 N–H and O–H groups in total. The van der Waals surface area contributed by atoms with E-state index in [1.54, 1.807) is 0 Å². The molecule has 0 aromatic carbocycles. The van der Waals surface area contributed by atoms with Gasteiger partial charge in [0.25, 0.3) is 0 Å². The number of rotatable bonds is 4. The van der Waals surface area contributed by atoms with Gasteiger partial charge in [-0.15, -0.1) is 0 Å². The average Bonchev–Trinajstić information content (AvgIpc) is 1.82. The summed E-state index contributed by atoms with van der Waals surface area (Å²) in [5.74, 6) is -1.39. The molecule has 9 heavy (non-hydrogen) atoms. The number of aliphatic carboxylic acids is 1. The largest absolute Gasteiger partial charge is 0.478 e. The number of carboxylic acid groups (broad SMARTS) is 1. The summed E-state index contributed by atoms with van der Waals surface area (Å²) in [6.45, 7) is -0.159. The molecule has 52 valence electrons. The van der Waals surface area contributed by atoms with Crippen LogP contribution in [0.1, 0.15) is 0 Å². The van der Waals surface area contributed by atoms with Crippen molar-refractivity contribution in [1.29, 1.82) is 0 Å². The summed E-state index contributed by atoms with van der Waals surface area (Å²) < 4.78 is 0. The van der Waals surface area contributed by atoms with Crippen molar-refractivity contribution in [1.82, 2.24) is 5.32 Å². The number of carbonyl (C=O) groups is 2. The third-order valence-electron chi connectivity index (χ3n) is 0.628. The number of hydrogen-bond donors (Lipinski definition) is 3. The summed E-state index contributed by atoms with van der Waals surface area (Å²) >= 11 is 0. The normalized spacial score (nSPS) is 12.6. The van der Waals surface area contributed by atoms with Crippen LogP contribution in [0.25, 0.3) is 0 Å². The van der Waals surface area contributed by atoms with Gasteiger partial charge in [0.1, 0.15) is 6.29 Å². The van der Waals surface area contributed by atoms with Crippen LogP contribution >= 0.6 is 0 Å². The molecule has 0 spiro atoms. The molecule has 5 heteroatoms. The summed E-state index contributed by atoms with van der Waals surface area (Å²) in [6, 6.07) is 0. The van der Waals surface area contributed by atoms with Crippen molar-refractivity contribution in [2.45, 2.75) is 6.23 Å². The molecule has 0 amide bonds. The van der Waals surface area contributed by atoms with E-state index in [1.165, 1.54) is 0 Å². The van der Waals surface area contributed by atoms with E-state index in [4.69, 9.17) is 10.2 Å². The summed E-state index contributed by atoms with van der Waals surface area (Å²) in [5.41, 5.74) is 0. The summed E-state index contributed by atoms with van der Waals surface area (Å²) in [7, 11) is 0. The fourth-order valence-corrected chi connectivity index (χ4v) is 0.247. The standard InChI is InChI=1S/C4H7NO4/c6-2-1-5-3(7)4(8)9/h2-3,5,7H,1H2,(H,8,9). The van der Waals surface area contributed by atoms with Crippen molar-refractivity contribution in [2.75, 3.05) is 6.54 Å². The summed E-state index contributed by atoms with van der Waals surface area (Å²) in [6.07, 6.45) is -1.18. The minimum Gasteiger partial charge on any atom is -0.478 e. The number of nitrogens with one attached hydrogen (secondary N) is 1. The monoisotopic (exact) mass is 133 g/mol. The summed E-state index contributed by atoms with van der Waals surface area (Å²) in [4.78, 5) is 19.3. The Kier molecular flexibility index (Phi) is 3.57. The van der Waals surface area contributed by atoms with E-state index in [-0.39, 0.29) is 6.54 Å². The highest BCUT2D eigenvalue weighted by Crippen LogP contribution is 1.72. The lowest BCUT2D eigenvalue weighted by Gasteiger charge is -2.02. The van der Waals surface area contributed by atoms with Gasteiger partial charge in [-0.1, -0.05) is 0 Å². The van der Waals surface area contributed by atoms with Gasteiger partial charge in [0.05, 0.1) is 6.54 Å². The van der Waals surface area contributed by atoms with E-state index in [2.05, 4.69) is 0 Å². The van der Waals surface area contributed by atoms with Crippen molar-refractivity contribution >= 4 is 12.3 Å². The Balaban J connectivity index is 3.37. The molecule has 0 radical (unpaired) electrons. The quantitative estimate of drug-likeness (QED) is 0.310. The first-order valence-electron chi connectivity index (χ1n) is 2.26. The third-order valence-corrected chi connectivity index (χ3v) is 0.628. The predicted molar refractivity (Wildman–Crippen MR) is 27.7 cm³/mol. The number of carboxylic acids is 1. The van der Waals surface area contributed by atoms with Crippen molar-refractivity contribution in [3.8, 4) is 0 Å². The number of aliphatic hydroxyl groups excluding tert-OH is 1. The predicted octanol–water partition coefficient (Wildman–Crippen LogP) is -1.82. The lowest BCUT2D eigenvalue weighted by molar-refractivity contribution is -0.148. The average molecular weight is 133 g/mol. The zero-order chi connectivity index (χ0) is 7.28. The summed E-state index contributed by atoms with van der Waals surface area (Å²) in [5, 5.41) is 18.4. The molecule has 0 saturated heterocycles. The smallest absolute Gasteiger partial charge is 0.347 e. The van der Waals surface area contributed by atoms with Crippen LogP contribution in [0, 0.1) is 0 Å². The molecule has 5 nitrogen and oxygen atoms in total. The van der Waals surface area contributed by atoms with Gasteiger partial charge >= 0.3 is 5.97 Å². The minimum absolute atomic E-state index is 0.159. The molecule has 0 bridgehead atoms. The van der Waals surface area contributed by atoms with Gasteiger partial charge in [-0.3, -0.25) is 5.32 Å². The van der Waals surface area contributed by atoms with Crippen LogP contribution < -0.4 is 5.32 Å². The highest BCUT2D eigenvalue weighted by molar-refractivity contribution is 5.71. The molecule has 0 aliphatic heterocycles. The molecule has 0 fully saturated rings. The van der Waals surface area contributed by atoms with Crippen LogP contribution in [-0.2, 0) is 9.59 Å². The molecule has 0 rings (SSSR count). The van der Waals surface area contributed by atoms with Crippen LogP contribution in [0.5, 0.6) is 0 Å². The van der Waals surface area contributed by atoms with Gasteiger partial charge in [-0.2, -0.15) is 0 Å². The zero-order valence-electron chi connectivity index (χ0n) is 4.57. The van der Waals surface area contributed by atoms with Crippen molar-refractivity contribution in [2.24, 2.45) is 0 Å². The van der Waals surface area contributed by atoms with E-state index in [1.807, 2.05) is 5.32 Å². The number of aldehydes is 1. The lowest BCUT2D eigenvalue weighted by Crippen LogP contribution is -2.37. The SMILES string of the molecule is O=CCNC(O)C(=O)O. The maximum Gasteiger partial charge on any atom is 0.347 e. The first kappa shape index (κ1) is 8.06. The molecular formula is C4H7NO4. The van der Waals surface area contributed by atoms with E-state index >= 15 is 0 Å². The second-order valence-corrected chi connectivity index (χ2v) is 1.32. The number of carbonyl (C=O) groups excluding carboxylic acids is 1. The van der Waals surface area contributed by atoms with Gasteiger partial charge in [-0.25, -0.2) is 4.79 Å². The van der Waals surface area contributed by atoms with Crippen LogP contribution in [0.2, 0.25) is 0 Å². The first-order valence-corrected chi connectivity index (χ1v) is 2.26. The maximum absolute atomic E-state index is 9.78. The van der Waals surface area contributed by atoms with E-state index in [0.29, 0.717) is 6.29 Å². The Bertz CT molecular complexity index is 113. The second-order valence-electron chi connectivity index (χ2n) is 1.32. The maximum atomic E-state index is 9.78. The Morgan fingerprint density at radius 1 is 1.78 bits per heavy atom. The molecule has 0 aliphatic rings. The van der Waals surface area contributed by atoms with Gasteiger partial charge in [0.2, 0.25) is 6.23 Å². The molecule has 1 unspecified atom stereocenters. The Morgan fingerprint density at radius 3 is 2.67 bits per heavy atom. The topological polar surface area (TPSA) is 86.6 Å². The molecule has 1 atom stereocenters. The molecular weight excluding hydrogens is 126 g/mol.